The lowest BCUT2D eigenvalue weighted by molar-refractivity contribution is -0.125. The van der Waals surface area contributed by atoms with Gasteiger partial charge < -0.3 is 26.4 Å². The van der Waals surface area contributed by atoms with Gasteiger partial charge in [-0.05, 0) is 24.6 Å². The van der Waals surface area contributed by atoms with Gasteiger partial charge in [0.2, 0.25) is 11.8 Å². The van der Waals surface area contributed by atoms with Crippen LogP contribution in [0, 0.1) is 0 Å². The molecule has 0 heterocycles. The van der Waals surface area contributed by atoms with Crippen LogP contribution >= 0.6 is 0 Å². The summed E-state index contributed by atoms with van der Waals surface area (Å²) in [4.78, 5) is 33.9. The van der Waals surface area contributed by atoms with E-state index < -0.39 is 18.0 Å². The summed E-state index contributed by atoms with van der Waals surface area (Å²) in [5, 5.41) is 7.46. The maximum absolute atomic E-state index is 11.9. The molecule has 3 amide bonds. The summed E-state index contributed by atoms with van der Waals surface area (Å²) in [7, 11) is 1.48. The molecule has 1 aromatic rings. The van der Waals surface area contributed by atoms with Crippen LogP contribution in [0.25, 0.3) is 0 Å². The van der Waals surface area contributed by atoms with Crippen LogP contribution in [-0.2, 0) is 20.9 Å². The molecule has 8 heteroatoms. The van der Waals surface area contributed by atoms with Gasteiger partial charge in [-0.25, -0.2) is 4.79 Å². The molecule has 0 aliphatic carbocycles. The number of nitrogens with two attached hydrogens (primary N) is 1. The number of hydrogen-bond acceptors (Lipinski definition) is 5. The summed E-state index contributed by atoms with van der Waals surface area (Å²) in [6, 6.07) is 6.12. The Kier molecular flexibility index (Phi) is 6.84. The van der Waals surface area contributed by atoms with E-state index in [9.17, 15) is 14.4 Å². The lowest BCUT2D eigenvalue weighted by Gasteiger charge is -2.13. The van der Waals surface area contributed by atoms with E-state index in [4.69, 9.17) is 10.5 Å². The SMILES string of the molecule is CNC(=O)OCc1ccc(NC(=O)[C@H](C)NC(=O)CN)cc1. The van der Waals surface area contributed by atoms with Gasteiger partial charge in [0, 0.05) is 12.7 Å². The summed E-state index contributed by atoms with van der Waals surface area (Å²) in [5.74, 6) is -0.750. The van der Waals surface area contributed by atoms with E-state index in [1.54, 1.807) is 31.2 Å². The fraction of sp³-hybridized carbons (Fsp3) is 0.357. The normalized spacial score (nSPS) is 11.2. The number of carbonyl (C=O) groups excluding carboxylic acids is 3. The largest absolute Gasteiger partial charge is 0.445 e. The van der Waals surface area contributed by atoms with Crippen LogP contribution in [0.3, 0.4) is 0 Å². The molecule has 8 nitrogen and oxygen atoms in total. The lowest BCUT2D eigenvalue weighted by Crippen LogP contribution is -2.44. The van der Waals surface area contributed by atoms with Crippen molar-refractivity contribution in [1.29, 1.82) is 0 Å². The molecule has 0 bridgehead atoms. The standard InChI is InChI=1S/C14H20N4O4/c1-9(17-12(19)7-15)13(20)18-11-5-3-10(4-6-11)8-22-14(21)16-2/h3-6,9H,7-8,15H2,1-2H3,(H,16,21)(H,17,19)(H,18,20)/t9-/m0/s1. The van der Waals surface area contributed by atoms with Crippen LogP contribution in [0.5, 0.6) is 0 Å². The summed E-state index contributed by atoms with van der Waals surface area (Å²) in [6.45, 7) is 1.53. The lowest BCUT2D eigenvalue weighted by atomic mass is 10.2. The molecule has 1 aromatic carbocycles. The van der Waals surface area contributed by atoms with Gasteiger partial charge in [-0.3, -0.25) is 9.59 Å². The van der Waals surface area contributed by atoms with Crippen molar-refractivity contribution in [2.24, 2.45) is 5.73 Å². The maximum Gasteiger partial charge on any atom is 0.407 e. The Bertz CT molecular complexity index is 530. The number of hydrogen-bond donors (Lipinski definition) is 4. The van der Waals surface area contributed by atoms with Crippen molar-refractivity contribution in [2.75, 3.05) is 18.9 Å². The van der Waals surface area contributed by atoms with Crippen molar-refractivity contribution in [1.82, 2.24) is 10.6 Å². The quantitative estimate of drug-likeness (QED) is 0.586. The van der Waals surface area contributed by atoms with E-state index in [-0.39, 0.29) is 19.1 Å². The minimum absolute atomic E-state index is 0.136. The van der Waals surface area contributed by atoms with Crippen molar-refractivity contribution in [3.8, 4) is 0 Å². The number of amides is 3. The number of ether oxygens (including phenoxy) is 1. The summed E-state index contributed by atoms with van der Waals surface area (Å²) >= 11 is 0. The molecule has 0 aliphatic rings. The number of nitrogens with one attached hydrogen (secondary N) is 3. The minimum Gasteiger partial charge on any atom is -0.445 e. The first kappa shape index (κ1) is 17.4. The second-order valence-electron chi connectivity index (χ2n) is 4.51. The van der Waals surface area contributed by atoms with Gasteiger partial charge in [0.1, 0.15) is 12.6 Å². The van der Waals surface area contributed by atoms with Gasteiger partial charge in [-0.1, -0.05) is 12.1 Å². The van der Waals surface area contributed by atoms with Gasteiger partial charge >= 0.3 is 6.09 Å². The monoisotopic (exact) mass is 308 g/mol. The molecular formula is C14H20N4O4. The fourth-order valence-electron chi connectivity index (χ4n) is 1.52. The average Bonchev–Trinajstić information content (AvgIpc) is 2.53. The fourth-order valence-corrected chi connectivity index (χ4v) is 1.52. The van der Waals surface area contributed by atoms with Gasteiger partial charge in [-0.15, -0.1) is 0 Å². The number of alkyl carbamates (subject to hydrolysis) is 1. The third-order valence-electron chi connectivity index (χ3n) is 2.75. The number of carbonyl (C=O) groups is 3. The van der Waals surface area contributed by atoms with Crippen molar-refractivity contribution in [2.45, 2.75) is 19.6 Å². The van der Waals surface area contributed by atoms with Crippen LogP contribution < -0.4 is 21.7 Å². The highest BCUT2D eigenvalue weighted by Gasteiger charge is 2.14. The Morgan fingerprint density at radius 3 is 2.41 bits per heavy atom. The number of anilines is 1. The smallest absolute Gasteiger partial charge is 0.407 e. The van der Waals surface area contributed by atoms with Crippen LogP contribution in [0.15, 0.2) is 24.3 Å². The Labute approximate surface area is 128 Å². The highest BCUT2D eigenvalue weighted by molar-refractivity contribution is 5.97. The topological polar surface area (TPSA) is 123 Å². The summed E-state index contributed by atoms with van der Waals surface area (Å²) < 4.78 is 4.90. The molecular weight excluding hydrogens is 288 g/mol. The molecule has 0 radical (unpaired) electrons. The molecule has 5 N–H and O–H groups in total. The van der Waals surface area contributed by atoms with Crippen molar-refractivity contribution < 1.29 is 19.1 Å². The molecule has 0 aromatic heterocycles. The summed E-state index contributed by atoms with van der Waals surface area (Å²) in [5.41, 5.74) is 6.52. The van der Waals surface area contributed by atoms with Crippen molar-refractivity contribution in [3.05, 3.63) is 29.8 Å². The second-order valence-corrected chi connectivity index (χ2v) is 4.51. The van der Waals surface area contributed by atoms with Crippen LogP contribution in [-0.4, -0.2) is 37.5 Å². The molecule has 0 unspecified atom stereocenters. The Morgan fingerprint density at radius 1 is 1.23 bits per heavy atom. The van der Waals surface area contributed by atoms with Gasteiger partial charge in [0.15, 0.2) is 0 Å². The molecule has 0 fully saturated rings. The zero-order chi connectivity index (χ0) is 16.5. The van der Waals surface area contributed by atoms with Gasteiger partial charge in [0.25, 0.3) is 0 Å². The third kappa shape index (κ3) is 5.80. The van der Waals surface area contributed by atoms with Crippen molar-refractivity contribution in [3.63, 3.8) is 0 Å². The molecule has 0 saturated heterocycles. The van der Waals surface area contributed by atoms with Gasteiger partial charge in [0.05, 0.1) is 6.54 Å². The van der Waals surface area contributed by atoms with Crippen LogP contribution in [0.2, 0.25) is 0 Å². The van der Waals surface area contributed by atoms with Crippen molar-refractivity contribution >= 4 is 23.6 Å². The number of benzene rings is 1. The van der Waals surface area contributed by atoms with E-state index in [1.807, 2.05) is 0 Å². The highest BCUT2D eigenvalue weighted by Crippen LogP contribution is 2.11. The predicted molar refractivity (Wildman–Crippen MR) is 81.0 cm³/mol. The molecule has 1 rings (SSSR count). The molecule has 120 valence electrons. The average molecular weight is 308 g/mol. The molecule has 0 spiro atoms. The molecule has 0 aliphatic heterocycles. The maximum atomic E-state index is 11.9. The predicted octanol–water partition coefficient (Wildman–Crippen LogP) is -0.0555. The van der Waals surface area contributed by atoms with E-state index in [2.05, 4.69) is 16.0 Å². The molecule has 0 saturated carbocycles. The van der Waals surface area contributed by atoms with E-state index in [0.29, 0.717) is 5.69 Å². The first-order chi connectivity index (χ1) is 10.5. The highest BCUT2D eigenvalue weighted by atomic mass is 16.5. The zero-order valence-corrected chi connectivity index (χ0v) is 12.5. The van der Waals surface area contributed by atoms with Gasteiger partial charge in [-0.2, -0.15) is 0 Å². The molecule has 1 atom stereocenters. The zero-order valence-electron chi connectivity index (χ0n) is 12.5. The number of rotatable bonds is 6. The summed E-state index contributed by atoms with van der Waals surface area (Å²) in [6.07, 6.45) is -0.512. The van der Waals surface area contributed by atoms with Crippen LogP contribution in [0.4, 0.5) is 10.5 Å². The molecule has 22 heavy (non-hydrogen) atoms. The Balaban J connectivity index is 2.51. The second kappa shape index (κ2) is 8.63. The Morgan fingerprint density at radius 2 is 1.86 bits per heavy atom. The third-order valence-corrected chi connectivity index (χ3v) is 2.75. The Hall–Kier alpha value is -2.61. The van der Waals surface area contributed by atoms with Crippen LogP contribution in [0.1, 0.15) is 12.5 Å². The van der Waals surface area contributed by atoms with E-state index in [1.165, 1.54) is 7.05 Å². The minimum atomic E-state index is -0.688. The van der Waals surface area contributed by atoms with E-state index >= 15 is 0 Å². The first-order valence-electron chi connectivity index (χ1n) is 6.70. The first-order valence-corrected chi connectivity index (χ1v) is 6.70. The van der Waals surface area contributed by atoms with E-state index in [0.717, 1.165) is 5.56 Å².